The fraction of sp³-hybridized carbons (Fsp3) is 0.650. The summed E-state index contributed by atoms with van der Waals surface area (Å²) in [5.74, 6) is 2.74. The highest BCUT2D eigenvalue weighted by Gasteiger charge is 2.53. The van der Waals surface area contributed by atoms with Gasteiger partial charge in [0.05, 0.1) is 18.8 Å². The molecule has 4 heterocycles. The van der Waals surface area contributed by atoms with Crippen LogP contribution in [0.1, 0.15) is 24.0 Å². The van der Waals surface area contributed by atoms with E-state index in [4.69, 9.17) is 14.2 Å². The normalized spacial score (nSPS) is 30.5. The first-order chi connectivity index (χ1) is 13.2. The Morgan fingerprint density at radius 3 is 2.71 bits per heavy atom. The first-order valence-electron chi connectivity index (χ1n) is 9.86. The zero-order chi connectivity index (χ0) is 18.4. The van der Waals surface area contributed by atoms with E-state index in [1.54, 1.807) is 6.07 Å². The third-order valence-electron chi connectivity index (χ3n) is 6.39. The summed E-state index contributed by atoms with van der Waals surface area (Å²) in [4.78, 5) is 6.83. The third-order valence-corrected chi connectivity index (χ3v) is 6.39. The van der Waals surface area contributed by atoms with Crippen LogP contribution in [0.15, 0.2) is 17.1 Å². The Labute approximate surface area is 181 Å². The van der Waals surface area contributed by atoms with Crippen molar-refractivity contribution in [3.63, 3.8) is 0 Å². The standard InChI is InChI=1S/C20H26FN3O3.HI/c1-22-20(24-8-15-16(9-24)18-3-2-17(15)27-18)23-5-4-12-6-14(21)7-13-10-25-11-26-19(12)13;/h6-7,15-18H,2-5,8-11H2,1H3,(H,22,23);1H. The molecule has 8 heteroatoms. The van der Waals surface area contributed by atoms with Crippen molar-refractivity contribution >= 4 is 29.9 Å². The molecule has 28 heavy (non-hydrogen) atoms. The number of benzene rings is 1. The lowest BCUT2D eigenvalue weighted by atomic mass is 9.82. The molecule has 6 nitrogen and oxygen atoms in total. The summed E-state index contributed by atoms with van der Waals surface area (Å²) in [6.45, 7) is 3.34. The van der Waals surface area contributed by atoms with Crippen LogP contribution in [0.5, 0.6) is 5.75 Å². The number of guanidine groups is 1. The number of hydrogen-bond donors (Lipinski definition) is 1. The summed E-state index contributed by atoms with van der Waals surface area (Å²) in [6, 6.07) is 3.05. The molecule has 154 valence electrons. The van der Waals surface area contributed by atoms with Gasteiger partial charge in [-0.3, -0.25) is 4.99 Å². The number of rotatable bonds is 3. The molecule has 0 amide bonds. The average molecular weight is 503 g/mol. The van der Waals surface area contributed by atoms with E-state index < -0.39 is 0 Å². The molecule has 0 saturated carbocycles. The van der Waals surface area contributed by atoms with Gasteiger partial charge in [-0.1, -0.05) is 0 Å². The van der Waals surface area contributed by atoms with Gasteiger partial charge in [-0.15, -0.1) is 24.0 Å². The van der Waals surface area contributed by atoms with Crippen molar-refractivity contribution in [3.05, 3.63) is 29.1 Å². The van der Waals surface area contributed by atoms with E-state index in [1.165, 1.54) is 18.9 Å². The van der Waals surface area contributed by atoms with E-state index in [-0.39, 0.29) is 36.6 Å². The summed E-state index contributed by atoms with van der Waals surface area (Å²) in [5, 5.41) is 3.45. The van der Waals surface area contributed by atoms with Gasteiger partial charge in [-0.05, 0) is 37.0 Å². The summed E-state index contributed by atoms with van der Waals surface area (Å²) in [5.41, 5.74) is 1.66. The first kappa shape index (κ1) is 20.2. The zero-order valence-corrected chi connectivity index (χ0v) is 18.4. The van der Waals surface area contributed by atoms with Crippen LogP contribution in [0.25, 0.3) is 0 Å². The summed E-state index contributed by atoms with van der Waals surface area (Å²) in [6.07, 6.45) is 3.98. The lowest BCUT2D eigenvalue weighted by molar-refractivity contribution is -0.0172. The minimum absolute atomic E-state index is 0. The van der Waals surface area contributed by atoms with Gasteiger partial charge in [0.2, 0.25) is 0 Å². The van der Waals surface area contributed by atoms with Crippen molar-refractivity contribution in [2.75, 3.05) is 33.5 Å². The van der Waals surface area contributed by atoms with Crippen LogP contribution in [0.4, 0.5) is 4.39 Å². The predicted molar refractivity (Wildman–Crippen MR) is 114 cm³/mol. The number of halogens is 2. The quantitative estimate of drug-likeness (QED) is 0.391. The molecule has 1 aromatic carbocycles. The molecule has 0 aromatic heterocycles. The highest BCUT2D eigenvalue weighted by Crippen LogP contribution is 2.47. The minimum Gasteiger partial charge on any atom is -0.467 e. The molecule has 1 aromatic rings. The molecule has 3 fully saturated rings. The van der Waals surface area contributed by atoms with Crippen LogP contribution in [0, 0.1) is 17.7 Å². The molecule has 4 unspecified atom stereocenters. The Morgan fingerprint density at radius 1 is 1.25 bits per heavy atom. The monoisotopic (exact) mass is 503 g/mol. The maximum atomic E-state index is 13.9. The number of fused-ring (bicyclic) bond motifs is 6. The molecule has 1 N–H and O–H groups in total. The van der Waals surface area contributed by atoms with Gasteiger partial charge in [0.15, 0.2) is 12.8 Å². The van der Waals surface area contributed by atoms with Crippen LogP contribution < -0.4 is 10.1 Å². The Bertz CT molecular complexity index is 744. The number of ether oxygens (including phenoxy) is 3. The van der Waals surface area contributed by atoms with Gasteiger partial charge in [0.1, 0.15) is 11.6 Å². The predicted octanol–water partition coefficient (Wildman–Crippen LogP) is 2.54. The lowest BCUT2D eigenvalue weighted by Gasteiger charge is -2.24. The molecular weight excluding hydrogens is 476 g/mol. The van der Waals surface area contributed by atoms with Gasteiger partial charge >= 0.3 is 0 Å². The third kappa shape index (κ3) is 3.59. The highest BCUT2D eigenvalue weighted by atomic mass is 127. The Morgan fingerprint density at radius 2 is 2.00 bits per heavy atom. The van der Waals surface area contributed by atoms with Gasteiger partial charge in [-0.2, -0.15) is 0 Å². The number of hydrogen-bond acceptors (Lipinski definition) is 4. The maximum absolute atomic E-state index is 13.9. The van der Waals surface area contributed by atoms with Crippen LogP contribution in [-0.2, 0) is 22.5 Å². The Hall–Kier alpha value is -1.13. The van der Waals surface area contributed by atoms with Gasteiger partial charge in [0.25, 0.3) is 0 Å². The Kier molecular flexibility index (Phi) is 5.98. The number of nitrogens with zero attached hydrogens (tertiary/aromatic N) is 2. The molecule has 0 radical (unpaired) electrons. The largest absolute Gasteiger partial charge is 0.467 e. The second-order valence-electron chi connectivity index (χ2n) is 7.91. The SMILES string of the molecule is CN=C(NCCc1cc(F)cc2c1OCOC2)N1CC2C3CCC(O3)C2C1.I. The number of likely N-dealkylation sites (tertiary alicyclic amines) is 1. The van der Waals surface area contributed by atoms with Crippen molar-refractivity contribution in [1.29, 1.82) is 0 Å². The molecule has 2 bridgehead atoms. The van der Waals surface area contributed by atoms with Crippen LogP contribution in [0.3, 0.4) is 0 Å². The molecule has 0 spiro atoms. The number of nitrogens with one attached hydrogen (secondary N) is 1. The molecule has 0 aliphatic carbocycles. The van der Waals surface area contributed by atoms with E-state index in [1.807, 2.05) is 7.05 Å². The van der Waals surface area contributed by atoms with Crippen molar-refractivity contribution in [2.24, 2.45) is 16.8 Å². The fourth-order valence-electron chi connectivity index (χ4n) is 5.22. The summed E-state index contributed by atoms with van der Waals surface area (Å²) in [7, 11) is 1.83. The van der Waals surface area contributed by atoms with E-state index in [0.29, 0.717) is 43.6 Å². The smallest absolute Gasteiger partial charge is 0.193 e. The van der Waals surface area contributed by atoms with Gasteiger partial charge in [0, 0.05) is 44.1 Å². The molecule has 4 atom stereocenters. The van der Waals surface area contributed by atoms with Crippen LogP contribution in [-0.4, -0.2) is 56.5 Å². The zero-order valence-electron chi connectivity index (χ0n) is 16.0. The number of aliphatic imine (C=N–C) groups is 1. The minimum atomic E-state index is -0.245. The van der Waals surface area contributed by atoms with Crippen molar-refractivity contribution in [1.82, 2.24) is 10.2 Å². The second kappa shape index (κ2) is 8.31. The Balaban J connectivity index is 0.00000192. The van der Waals surface area contributed by atoms with Crippen molar-refractivity contribution in [2.45, 2.75) is 38.1 Å². The molecule has 4 aliphatic rings. The lowest BCUT2D eigenvalue weighted by Crippen LogP contribution is -2.42. The van der Waals surface area contributed by atoms with Crippen molar-refractivity contribution in [3.8, 4) is 5.75 Å². The molecular formula is C20H27FIN3O3. The first-order valence-corrected chi connectivity index (χ1v) is 9.86. The molecule has 5 rings (SSSR count). The highest BCUT2D eigenvalue weighted by molar-refractivity contribution is 14.0. The topological polar surface area (TPSA) is 55.3 Å². The van der Waals surface area contributed by atoms with Gasteiger partial charge in [-0.25, -0.2) is 4.39 Å². The molecule has 4 aliphatic heterocycles. The van der Waals surface area contributed by atoms with Crippen molar-refractivity contribution < 1.29 is 18.6 Å². The summed E-state index contributed by atoms with van der Waals surface area (Å²) >= 11 is 0. The van der Waals surface area contributed by atoms with E-state index in [2.05, 4.69) is 15.2 Å². The fourth-order valence-corrected chi connectivity index (χ4v) is 5.22. The van der Waals surface area contributed by atoms with E-state index in [9.17, 15) is 4.39 Å². The van der Waals surface area contributed by atoms with Crippen LogP contribution in [0.2, 0.25) is 0 Å². The average Bonchev–Trinajstić information content (AvgIpc) is 3.38. The maximum Gasteiger partial charge on any atom is 0.193 e. The van der Waals surface area contributed by atoms with E-state index in [0.717, 1.165) is 35.9 Å². The van der Waals surface area contributed by atoms with E-state index >= 15 is 0 Å². The van der Waals surface area contributed by atoms with Crippen LogP contribution >= 0.6 is 24.0 Å². The summed E-state index contributed by atoms with van der Waals surface area (Å²) < 4.78 is 30.8. The second-order valence-corrected chi connectivity index (χ2v) is 7.91. The van der Waals surface area contributed by atoms with Gasteiger partial charge < -0.3 is 24.4 Å². The molecule has 3 saturated heterocycles.